The first-order valence-electron chi connectivity index (χ1n) is 3.62. The van der Waals surface area contributed by atoms with Crippen molar-refractivity contribution in [2.24, 2.45) is 0 Å². The Kier molecular flexibility index (Phi) is 1.46. The molecule has 0 aromatic heterocycles. The van der Waals surface area contributed by atoms with Crippen molar-refractivity contribution in [3.63, 3.8) is 0 Å². The number of para-hydroxylation sites is 2. The monoisotopic (exact) mass is 149 g/mol. The van der Waals surface area contributed by atoms with Gasteiger partial charge in [0.2, 0.25) is 6.29 Å². The van der Waals surface area contributed by atoms with Crippen LogP contribution < -0.4 is 9.47 Å². The van der Waals surface area contributed by atoms with Gasteiger partial charge in [-0.15, -0.1) is 0 Å². The number of ether oxygens (including phenoxy) is 2. The summed E-state index contributed by atoms with van der Waals surface area (Å²) in [6.07, 6.45) is 1.67. The van der Waals surface area contributed by atoms with E-state index < -0.39 is 0 Å². The minimum Gasteiger partial charge on any atom is -0.451 e. The largest absolute Gasteiger partial charge is 0.451 e. The van der Waals surface area contributed by atoms with E-state index in [1.54, 1.807) is 0 Å². The van der Waals surface area contributed by atoms with E-state index in [9.17, 15) is 0 Å². The second-order valence-electron chi connectivity index (χ2n) is 2.38. The van der Waals surface area contributed by atoms with Crippen molar-refractivity contribution in [2.45, 2.75) is 13.2 Å². The van der Waals surface area contributed by atoms with Gasteiger partial charge < -0.3 is 9.47 Å². The zero-order valence-corrected chi connectivity index (χ0v) is 6.28. The molecule has 0 fully saturated rings. The maximum Gasteiger partial charge on any atom is 0.244 e. The van der Waals surface area contributed by atoms with Crippen molar-refractivity contribution in [1.29, 1.82) is 0 Å². The summed E-state index contributed by atoms with van der Waals surface area (Å²) >= 11 is 0. The average Bonchev–Trinajstić information content (AvgIpc) is 2.46. The molecule has 2 nitrogen and oxygen atoms in total. The minimum absolute atomic E-state index is 0.201. The minimum atomic E-state index is -0.201. The van der Waals surface area contributed by atoms with Crippen LogP contribution in [0.2, 0.25) is 0 Å². The van der Waals surface area contributed by atoms with Gasteiger partial charge in [0.1, 0.15) is 0 Å². The lowest BCUT2D eigenvalue weighted by Gasteiger charge is -2.04. The number of rotatable bonds is 1. The number of benzene rings is 1. The van der Waals surface area contributed by atoms with Crippen LogP contribution in [0.25, 0.3) is 0 Å². The van der Waals surface area contributed by atoms with Crippen molar-refractivity contribution < 1.29 is 9.47 Å². The Morgan fingerprint density at radius 3 is 2.18 bits per heavy atom. The van der Waals surface area contributed by atoms with Crippen LogP contribution in [0.3, 0.4) is 0 Å². The fourth-order valence-corrected chi connectivity index (χ4v) is 1.06. The molecule has 1 aromatic carbocycles. The third-order valence-electron chi connectivity index (χ3n) is 1.61. The normalized spacial score (nSPS) is 15.4. The molecule has 0 atom stereocenters. The van der Waals surface area contributed by atoms with Gasteiger partial charge in [-0.3, -0.25) is 0 Å². The molecule has 1 radical (unpaired) electrons. The maximum atomic E-state index is 5.38. The summed E-state index contributed by atoms with van der Waals surface area (Å²) < 4.78 is 10.8. The molecule has 0 saturated carbocycles. The van der Waals surface area contributed by atoms with Gasteiger partial charge in [0.05, 0.1) is 0 Å². The van der Waals surface area contributed by atoms with Crippen LogP contribution in [-0.2, 0) is 0 Å². The molecule has 0 unspecified atom stereocenters. The molecule has 1 heterocycles. The molecular formula is C9H9O2. The van der Waals surface area contributed by atoms with Crippen molar-refractivity contribution >= 4 is 0 Å². The lowest BCUT2D eigenvalue weighted by Crippen LogP contribution is -2.16. The molecule has 1 aliphatic rings. The van der Waals surface area contributed by atoms with E-state index >= 15 is 0 Å². The van der Waals surface area contributed by atoms with Crippen LogP contribution >= 0.6 is 0 Å². The lowest BCUT2D eigenvalue weighted by molar-refractivity contribution is 0.0804. The Bertz CT molecular complexity index is 232. The highest BCUT2D eigenvalue weighted by molar-refractivity contribution is 5.42. The topological polar surface area (TPSA) is 18.5 Å². The van der Waals surface area contributed by atoms with Gasteiger partial charge in [0.25, 0.3) is 0 Å². The van der Waals surface area contributed by atoms with Crippen LogP contribution in [0, 0.1) is 6.42 Å². The Balaban J connectivity index is 2.27. The molecule has 2 rings (SSSR count). The zero-order chi connectivity index (χ0) is 7.68. The highest BCUT2D eigenvalue weighted by Crippen LogP contribution is 2.34. The molecule has 57 valence electrons. The Morgan fingerprint density at radius 2 is 1.73 bits per heavy atom. The second kappa shape index (κ2) is 2.46. The third-order valence-corrected chi connectivity index (χ3v) is 1.61. The number of hydrogen-bond donors (Lipinski definition) is 0. The highest BCUT2D eigenvalue weighted by Gasteiger charge is 2.21. The summed E-state index contributed by atoms with van der Waals surface area (Å²) in [6, 6.07) is 7.66. The summed E-state index contributed by atoms with van der Waals surface area (Å²) in [5.41, 5.74) is 0. The SMILES string of the molecule is C[CH]C1Oc2ccccc2O1. The van der Waals surface area contributed by atoms with Gasteiger partial charge in [-0.2, -0.15) is 0 Å². The fourth-order valence-electron chi connectivity index (χ4n) is 1.06. The van der Waals surface area contributed by atoms with Crippen LogP contribution in [0.15, 0.2) is 24.3 Å². The maximum absolute atomic E-state index is 5.38. The molecule has 0 amide bonds. The average molecular weight is 149 g/mol. The second-order valence-corrected chi connectivity index (χ2v) is 2.38. The summed E-state index contributed by atoms with van der Waals surface area (Å²) in [5, 5.41) is 0. The summed E-state index contributed by atoms with van der Waals surface area (Å²) in [5.74, 6) is 1.66. The predicted octanol–water partition coefficient (Wildman–Crippen LogP) is 2.01. The van der Waals surface area contributed by atoms with Crippen LogP contribution in [0.4, 0.5) is 0 Å². The highest BCUT2D eigenvalue weighted by atomic mass is 16.7. The van der Waals surface area contributed by atoms with Gasteiger partial charge in [-0.25, -0.2) is 0 Å². The van der Waals surface area contributed by atoms with E-state index in [1.165, 1.54) is 0 Å². The smallest absolute Gasteiger partial charge is 0.244 e. The van der Waals surface area contributed by atoms with E-state index in [1.807, 2.05) is 37.6 Å². The number of hydrogen-bond acceptors (Lipinski definition) is 2. The molecule has 0 bridgehead atoms. The first-order valence-corrected chi connectivity index (χ1v) is 3.62. The predicted molar refractivity (Wildman–Crippen MR) is 41.5 cm³/mol. The van der Waals surface area contributed by atoms with E-state index in [0.717, 1.165) is 11.5 Å². The van der Waals surface area contributed by atoms with Crippen LogP contribution in [0.5, 0.6) is 11.5 Å². The van der Waals surface area contributed by atoms with Crippen molar-refractivity contribution in [2.75, 3.05) is 0 Å². The Morgan fingerprint density at radius 1 is 1.18 bits per heavy atom. The molecule has 1 aromatic rings. The molecular weight excluding hydrogens is 140 g/mol. The molecule has 11 heavy (non-hydrogen) atoms. The van der Waals surface area contributed by atoms with Gasteiger partial charge >= 0.3 is 0 Å². The van der Waals surface area contributed by atoms with E-state index in [4.69, 9.17) is 9.47 Å². The Hall–Kier alpha value is -1.18. The Labute approximate surface area is 65.7 Å². The lowest BCUT2D eigenvalue weighted by atomic mass is 10.3. The summed E-state index contributed by atoms with van der Waals surface area (Å²) in [7, 11) is 0. The molecule has 0 aliphatic carbocycles. The molecule has 1 aliphatic heterocycles. The third kappa shape index (κ3) is 1.04. The summed E-state index contributed by atoms with van der Waals surface area (Å²) in [6.45, 7) is 1.91. The van der Waals surface area contributed by atoms with E-state index in [-0.39, 0.29) is 6.29 Å². The first kappa shape index (κ1) is 6.53. The van der Waals surface area contributed by atoms with Crippen molar-refractivity contribution in [3.05, 3.63) is 30.7 Å². The van der Waals surface area contributed by atoms with Gasteiger partial charge in [0, 0.05) is 6.42 Å². The molecule has 0 saturated heterocycles. The van der Waals surface area contributed by atoms with Gasteiger partial charge in [-0.05, 0) is 12.1 Å². The van der Waals surface area contributed by atoms with Crippen molar-refractivity contribution in [1.82, 2.24) is 0 Å². The van der Waals surface area contributed by atoms with E-state index in [0.29, 0.717) is 0 Å². The standard InChI is InChI=1S/C9H9O2/c1-2-9-10-7-5-3-4-6-8(7)11-9/h2-6,9H,1H3. The number of fused-ring (bicyclic) bond motifs is 1. The van der Waals surface area contributed by atoms with Gasteiger partial charge in [-0.1, -0.05) is 19.1 Å². The molecule has 2 heteroatoms. The van der Waals surface area contributed by atoms with Crippen LogP contribution in [0.1, 0.15) is 6.92 Å². The van der Waals surface area contributed by atoms with Crippen LogP contribution in [-0.4, -0.2) is 6.29 Å². The first-order chi connectivity index (χ1) is 5.40. The quantitative estimate of drug-likeness (QED) is 0.608. The molecule has 0 spiro atoms. The summed E-state index contributed by atoms with van der Waals surface area (Å²) in [4.78, 5) is 0. The zero-order valence-electron chi connectivity index (χ0n) is 6.28. The van der Waals surface area contributed by atoms with E-state index in [2.05, 4.69) is 0 Å². The van der Waals surface area contributed by atoms with Crippen molar-refractivity contribution in [3.8, 4) is 11.5 Å². The van der Waals surface area contributed by atoms with Gasteiger partial charge in [0.15, 0.2) is 11.5 Å². The molecule has 0 N–H and O–H groups in total. The fraction of sp³-hybridized carbons (Fsp3) is 0.222.